The van der Waals surface area contributed by atoms with Crippen molar-refractivity contribution >= 4 is 29.5 Å². The van der Waals surface area contributed by atoms with Gasteiger partial charge in [0.2, 0.25) is 5.91 Å². The topological polar surface area (TPSA) is 84.5 Å². The molecule has 2 rings (SSSR count). The minimum atomic E-state index is -1.05. The third-order valence-corrected chi connectivity index (χ3v) is 4.66. The maximum absolute atomic E-state index is 12.6. The van der Waals surface area contributed by atoms with Crippen molar-refractivity contribution in [2.24, 2.45) is 0 Å². The Bertz CT molecular complexity index is 922. The van der Waals surface area contributed by atoms with E-state index in [4.69, 9.17) is 4.74 Å². The van der Waals surface area contributed by atoms with E-state index < -0.39 is 23.9 Å². The Labute approximate surface area is 177 Å². The first-order valence-electron chi connectivity index (χ1n) is 9.96. The summed E-state index contributed by atoms with van der Waals surface area (Å²) >= 11 is 0. The number of anilines is 1. The highest BCUT2D eigenvalue weighted by molar-refractivity contribution is 6.00. The van der Waals surface area contributed by atoms with E-state index in [0.29, 0.717) is 5.69 Å². The monoisotopic (exact) mass is 408 g/mol. The number of rotatable bonds is 8. The molecule has 2 atom stereocenters. The molecule has 0 bridgehead atoms. The van der Waals surface area contributed by atoms with Crippen LogP contribution >= 0.6 is 0 Å². The molecular formula is C24H28N2O4. The zero-order valence-corrected chi connectivity index (χ0v) is 17.8. The number of hydrogen-bond acceptors (Lipinski definition) is 4. The van der Waals surface area contributed by atoms with Gasteiger partial charge in [0, 0.05) is 12.6 Å². The predicted octanol–water partition coefficient (Wildman–Crippen LogP) is 4.25. The van der Waals surface area contributed by atoms with Crippen molar-refractivity contribution < 1.29 is 19.1 Å². The largest absolute Gasteiger partial charge is 0.448 e. The zero-order chi connectivity index (χ0) is 22.1. The zero-order valence-electron chi connectivity index (χ0n) is 17.8. The number of esters is 1. The van der Waals surface area contributed by atoms with Gasteiger partial charge in [-0.25, -0.2) is 4.79 Å². The van der Waals surface area contributed by atoms with E-state index in [1.54, 1.807) is 12.1 Å². The molecule has 158 valence electrons. The Hall–Kier alpha value is -3.41. The van der Waals surface area contributed by atoms with E-state index in [1.165, 1.54) is 19.9 Å². The normalized spacial score (nSPS) is 13.1. The van der Waals surface area contributed by atoms with Crippen LogP contribution in [0.15, 0.2) is 60.3 Å². The highest BCUT2D eigenvalue weighted by Crippen LogP contribution is 2.26. The molecule has 0 heterocycles. The lowest BCUT2D eigenvalue weighted by Crippen LogP contribution is -2.34. The van der Waals surface area contributed by atoms with Crippen LogP contribution in [0.1, 0.15) is 51.2 Å². The van der Waals surface area contributed by atoms with E-state index in [9.17, 15) is 14.4 Å². The summed E-state index contributed by atoms with van der Waals surface area (Å²) in [5.41, 5.74) is 2.41. The molecule has 2 aromatic rings. The van der Waals surface area contributed by atoms with Crippen LogP contribution in [0.4, 0.5) is 5.69 Å². The van der Waals surface area contributed by atoms with Crippen LogP contribution in [-0.2, 0) is 19.1 Å². The molecule has 0 aliphatic carbocycles. The lowest BCUT2D eigenvalue weighted by Gasteiger charge is -2.18. The van der Waals surface area contributed by atoms with Gasteiger partial charge in [0.1, 0.15) is 5.70 Å². The second kappa shape index (κ2) is 11.0. The summed E-state index contributed by atoms with van der Waals surface area (Å²) in [4.78, 5) is 36.7. The first-order chi connectivity index (χ1) is 14.3. The summed E-state index contributed by atoms with van der Waals surface area (Å²) in [7, 11) is 0. The molecule has 2 aromatic carbocycles. The summed E-state index contributed by atoms with van der Waals surface area (Å²) in [5.74, 6) is -1.36. The molecular weight excluding hydrogens is 380 g/mol. The van der Waals surface area contributed by atoms with E-state index in [0.717, 1.165) is 17.5 Å². The Balaban J connectivity index is 2.12. The predicted molar refractivity (Wildman–Crippen MR) is 118 cm³/mol. The lowest BCUT2D eigenvalue weighted by atomic mass is 9.97. The van der Waals surface area contributed by atoms with Crippen molar-refractivity contribution in [3.05, 3.63) is 71.4 Å². The average molecular weight is 408 g/mol. The van der Waals surface area contributed by atoms with Crippen LogP contribution in [0.5, 0.6) is 0 Å². The van der Waals surface area contributed by atoms with Gasteiger partial charge in [-0.1, -0.05) is 62.4 Å². The van der Waals surface area contributed by atoms with Gasteiger partial charge in [0.05, 0.1) is 0 Å². The molecule has 0 unspecified atom stereocenters. The van der Waals surface area contributed by atoms with E-state index in [1.807, 2.05) is 42.5 Å². The molecule has 0 saturated heterocycles. The Kier molecular flexibility index (Phi) is 8.35. The second-order valence-electron chi connectivity index (χ2n) is 7.08. The van der Waals surface area contributed by atoms with Gasteiger partial charge in [0.25, 0.3) is 5.91 Å². The quantitative estimate of drug-likeness (QED) is 0.505. The summed E-state index contributed by atoms with van der Waals surface area (Å²) in [5, 5.41) is 5.31. The molecule has 6 heteroatoms. The third-order valence-electron chi connectivity index (χ3n) is 4.66. The third kappa shape index (κ3) is 6.58. The second-order valence-corrected chi connectivity index (χ2v) is 7.08. The van der Waals surface area contributed by atoms with Crippen molar-refractivity contribution in [2.45, 2.75) is 46.1 Å². The van der Waals surface area contributed by atoms with Crippen LogP contribution in [0.3, 0.4) is 0 Å². The Morgan fingerprint density at radius 1 is 1.00 bits per heavy atom. The van der Waals surface area contributed by atoms with Crippen LogP contribution in [0.2, 0.25) is 0 Å². The number of amides is 2. The summed E-state index contributed by atoms with van der Waals surface area (Å²) in [6.07, 6.45) is 1.39. The van der Waals surface area contributed by atoms with Crippen molar-refractivity contribution in [1.29, 1.82) is 0 Å². The summed E-state index contributed by atoms with van der Waals surface area (Å²) < 4.78 is 5.31. The smallest absolute Gasteiger partial charge is 0.355 e. The van der Waals surface area contributed by atoms with Crippen molar-refractivity contribution in [2.75, 3.05) is 5.32 Å². The van der Waals surface area contributed by atoms with E-state index in [2.05, 4.69) is 24.5 Å². The first kappa shape index (κ1) is 22.9. The fourth-order valence-corrected chi connectivity index (χ4v) is 2.82. The molecule has 0 aromatic heterocycles. The van der Waals surface area contributed by atoms with Gasteiger partial charge in [-0.05, 0) is 42.5 Å². The minimum Gasteiger partial charge on any atom is -0.448 e. The van der Waals surface area contributed by atoms with Crippen molar-refractivity contribution in [3.63, 3.8) is 0 Å². The SMILES string of the molecule is CC[C@H](C)c1ccccc1NC(=O)[C@@H](C)OC(=O)/C(=C/c1ccccc1)NC(C)=O. The van der Waals surface area contributed by atoms with E-state index >= 15 is 0 Å². The molecule has 6 nitrogen and oxygen atoms in total. The van der Waals surface area contributed by atoms with Gasteiger partial charge in [-0.3, -0.25) is 9.59 Å². The number of carbonyl (C=O) groups excluding carboxylic acids is 3. The molecule has 0 spiro atoms. The molecule has 30 heavy (non-hydrogen) atoms. The van der Waals surface area contributed by atoms with Crippen molar-refractivity contribution in [3.8, 4) is 0 Å². The van der Waals surface area contributed by atoms with Gasteiger partial charge in [-0.15, -0.1) is 0 Å². The average Bonchev–Trinajstić information content (AvgIpc) is 2.73. The standard InChI is InChI=1S/C24H28N2O4/c1-5-16(2)20-13-9-10-14-21(20)26-23(28)17(3)30-24(29)22(25-18(4)27)15-19-11-7-6-8-12-19/h6-17H,5H2,1-4H3,(H,25,27)(H,26,28)/b22-15-/t16-,17+/m0/s1. The molecule has 0 aliphatic rings. The lowest BCUT2D eigenvalue weighted by molar-refractivity contribution is -0.149. The Morgan fingerprint density at radius 2 is 1.63 bits per heavy atom. The fraction of sp³-hybridized carbons (Fsp3) is 0.292. The summed E-state index contributed by atoms with van der Waals surface area (Å²) in [6.45, 7) is 6.96. The van der Waals surface area contributed by atoms with Crippen LogP contribution in [0.25, 0.3) is 6.08 Å². The highest BCUT2D eigenvalue weighted by Gasteiger charge is 2.22. The van der Waals surface area contributed by atoms with Gasteiger partial charge in [-0.2, -0.15) is 0 Å². The van der Waals surface area contributed by atoms with Crippen LogP contribution < -0.4 is 10.6 Å². The number of ether oxygens (including phenoxy) is 1. The molecule has 2 amide bonds. The molecule has 0 saturated carbocycles. The fourth-order valence-electron chi connectivity index (χ4n) is 2.82. The van der Waals surface area contributed by atoms with Gasteiger partial charge < -0.3 is 15.4 Å². The Morgan fingerprint density at radius 3 is 2.27 bits per heavy atom. The summed E-state index contributed by atoms with van der Waals surface area (Å²) in [6, 6.07) is 16.6. The molecule has 0 aliphatic heterocycles. The molecule has 0 radical (unpaired) electrons. The maximum Gasteiger partial charge on any atom is 0.355 e. The van der Waals surface area contributed by atoms with Gasteiger partial charge >= 0.3 is 5.97 Å². The molecule has 0 fully saturated rings. The maximum atomic E-state index is 12.6. The van der Waals surface area contributed by atoms with Crippen LogP contribution in [0, 0.1) is 0 Å². The number of nitrogens with one attached hydrogen (secondary N) is 2. The van der Waals surface area contributed by atoms with Gasteiger partial charge in [0.15, 0.2) is 6.10 Å². The minimum absolute atomic E-state index is 0.0339. The van der Waals surface area contributed by atoms with Crippen molar-refractivity contribution in [1.82, 2.24) is 5.32 Å². The first-order valence-corrected chi connectivity index (χ1v) is 9.96. The number of benzene rings is 2. The highest BCUT2D eigenvalue weighted by atomic mass is 16.5. The van der Waals surface area contributed by atoms with E-state index in [-0.39, 0.29) is 11.6 Å². The van der Waals surface area contributed by atoms with Crippen LogP contribution in [-0.4, -0.2) is 23.9 Å². The number of carbonyl (C=O) groups is 3. The number of hydrogen-bond donors (Lipinski definition) is 2. The molecule has 2 N–H and O–H groups in total. The number of para-hydroxylation sites is 1.